The van der Waals surface area contributed by atoms with Crippen LogP contribution in [0, 0.1) is 5.82 Å². The molecule has 0 bridgehead atoms. The molecule has 1 N–H and O–H groups in total. The lowest BCUT2D eigenvalue weighted by atomic mass is 10.2. The Kier molecular flexibility index (Phi) is 5.13. The fraction of sp³-hybridized carbons (Fsp3) is 0.300. The van der Waals surface area contributed by atoms with Crippen molar-refractivity contribution in [3.05, 3.63) is 58.4 Å². The second kappa shape index (κ2) is 8.11. The summed E-state index contributed by atoms with van der Waals surface area (Å²) in [5.41, 5.74) is 1.82. The number of halogens is 3. The van der Waals surface area contributed by atoms with E-state index in [1.807, 2.05) is 4.90 Å². The molecule has 1 aliphatic heterocycles. The average molecular weight is 446 g/mol. The predicted molar refractivity (Wildman–Crippen MR) is 107 cm³/mol. The van der Waals surface area contributed by atoms with Crippen molar-refractivity contribution < 1.29 is 22.0 Å². The number of rotatable bonds is 5. The van der Waals surface area contributed by atoms with Crippen LogP contribution in [-0.2, 0) is 6.54 Å². The van der Waals surface area contributed by atoms with E-state index < -0.39 is 23.9 Å². The number of anilines is 1. The molecule has 1 aromatic carbocycles. The fourth-order valence-corrected chi connectivity index (χ4v) is 3.62. The number of nitrogens with zero attached hydrogens (tertiary/aromatic N) is 5. The zero-order valence-electron chi connectivity index (χ0n) is 16.6. The highest BCUT2D eigenvalue weighted by Gasteiger charge is 2.20. The van der Waals surface area contributed by atoms with E-state index in [0.717, 1.165) is 13.1 Å². The van der Waals surface area contributed by atoms with Crippen LogP contribution in [0.4, 0.5) is 18.9 Å². The standard InChI is InChI=1S/C20H17F3N6O3/c21-13-7-15-16(8-14(13)28-5-3-24-4-6-28)31-20(30)29(15)10-12-2-1-11(9-25-12)18-26-27-19(32-18)17(22)23/h1-2,7-9,17,24H,3-6,10H2. The molecule has 4 heterocycles. The van der Waals surface area contributed by atoms with Crippen molar-refractivity contribution in [2.24, 2.45) is 0 Å². The maximum absolute atomic E-state index is 14.8. The van der Waals surface area contributed by atoms with Gasteiger partial charge in [0.25, 0.3) is 5.89 Å². The minimum absolute atomic E-state index is 0.0324. The summed E-state index contributed by atoms with van der Waals surface area (Å²) in [5, 5.41) is 10.1. The van der Waals surface area contributed by atoms with Gasteiger partial charge in [0.1, 0.15) is 5.82 Å². The van der Waals surface area contributed by atoms with E-state index in [0.29, 0.717) is 35.6 Å². The van der Waals surface area contributed by atoms with Gasteiger partial charge in [0.15, 0.2) is 5.58 Å². The molecule has 4 aromatic rings. The molecule has 0 unspecified atom stereocenters. The second-order valence-corrected chi connectivity index (χ2v) is 7.25. The predicted octanol–water partition coefficient (Wildman–Crippen LogP) is 2.57. The number of fused-ring (bicyclic) bond motifs is 1. The van der Waals surface area contributed by atoms with Gasteiger partial charge in [-0.15, -0.1) is 10.2 Å². The number of piperazine rings is 1. The Morgan fingerprint density at radius 2 is 1.94 bits per heavy atom. The van der Waals surface area contributed by atoms with Crippen LogP contribution in [0.1, 0.15) is 18.0 Å². The number of pyridine rings is 1. The Balaban J connectivity index is 1.41. The summed E-state index contributed by atoms with van der Waals surface area (Å²) in [6.07, 6.45) is -1.49. The van der Waals surface area contributed by atoms with Crippen molar-refractivity contribution in [2.75, 3.05) is 31.1 Å². The molecule has 1 saturated heterocycles. The second-order valence-electron chi connectivity index (χ2n) is 7.25. The summed E-state index contributed by atoms with van der Waals surface area (Å²) < 4.78 is 51.6. The third kappa shape index (κ3) is 3.73. The summed E-state index contributed by atoms with van der Waals surface area (Å²) in [5.74, 6) is -1.94. The van der Waals surface area contributed by atoms with E-state index in [4.69, 9.17) is 8.83 Å². The molecule has 0 amide bonds. The third-order valence-corrected chi connectivity index (χ3v) is 5.21. The quantitative estimate of drug-likeness (QED) is 0.499. The van der Waals surface area contributed by atoms with E-state index >= 15 is 0 Å². The highest BCUT2D eigenvalue weighted by atomic mass is 19.3. The van der Waals surface area contributed by atoms with E-state index in [9.17, 15) is 18.0 Å². The summed E-state index contributed by atoms with van der Waals surface area (Å²) in [4.78, 5) is 18.5. The number of aromatic nitrogens is 4. The molecule has 3 aromatic heterocycles. The zero-order valence-corrected chi connectivity index (χ0v) is 16.6. The lowest BCUT2D eigenvalue weighted by Crippen LogP contribution is -2.43. The summed E-state index contributed by atoms with van der Waals surface area (Å²) in [7, 11) is 0. The van der Waals surface area contributed by atoms with E-state index in [-0.39, 0.29) is 18.0 Å². The van der Waals surface area contributed by atoms with Gasteiger partial charge < -0.3 is 19.1 Å². The fourth-order valence-electron chi connectivity index (χ4n) is 3.62. The van der Waals surface area contributed by atoms with Gasteiger partial charge in [-0.25, -0.2) is 9.18 Å². The van der Waals surface area contributed by atoms with Crippen LogP contribution in [0.15, 0.2) is 44.1 Å². The first kappa shape index (κ1) is 20.2. The van der Waals surface area contributed by atoms with Crippen LogP contribution < -0.4 is 16.0 Å². The van der Waals surface area contributed by atoms with Gasteiger partial charge in [0.2, 0.25) is 5.89 Å². The molecule has 0 saturated carbocycles. The Hall–Kier alpha value is -3.67. The van der Waals surface area contributed by atoms with Gasteiger partial charge in [-0.2, -0.15) is 8.78 Å². The van der Waals surface area contributed by atoms with Crippen LogP contribution >= 0.6 is 0 Å². The number of hydrogen-bond acceptors (Lipinski definition) is 8. The largest absolute Gasteiger partial charge is 0.420 e. The van der Waals surface area contributed by atoms with Gasteiger partial charge in [0.05, 0.1) is 29.0 Å². The number of alkyl halides is 2. The summed E-state index contributed by atoms with van der Waals surface area (Å²) in [6.45, 7) is 2.84. The summed E-state index contributed by atoms with van der Waals surface area (Å²) >= 11 is 0. The Bertz CT molecular complexity index is 1310. The molecule has 0 atom stereocenters. The minimum atomic E-state index is -2.86. The molecule has 1 fully saturated rings. The number of hydrogen-bond donors (Lipinski definition) is 1. The molecule has 0 spiro atoms. The monoisotopic (exact) mass is 446 g/mol. The molecule has 12 heteroatoms. The lowest BCUT2D eigenvalue weighted by Gasteiger charge is -2.29. The van der Waals surface area contributed by atoms with Crippen LogP contribution in [0.5, 0.6) is 0 Å². The molecule has 9 nitrogen and oxygen atoms in total. The maximum Gasteiger partial charge on any atom is 0.420 e. The normalized spacial score (nSPS) is 14.6. The van der Waals surface area contributed by atoms with Crippen molar-refractivity contribution in [1.29, 1.82) is 0 Å². The average Bonchev–Trinajstić information content (AvgIpc) is 3.40. The lowest BCUT2D eigenvalue weighted by molar-refractivity contribution is 0.116. The Morgan fingerprint density at radius 3 is 2.62 bits per heavy atom. The van der Waals surface area contributed by atoms with Gasteiger partial charge in [-0.1, -0.05) is 0 Å². The first-order valence-electron chi connectivity index (χ1n) is 9.85. The van der Waals surface area contributed by atoms with Crippen LogP contribution in [0.25, 0.3) is 22.6 Å². The SMILES string of the molecule is O=c1oc2cc(N3CCNCC3)c(F)cc2n1Cc1ccc(-c2nnc(C(F)F)o2)cn1. The topological polar surface area (TPSA) is 102 Å². The Morgan fingerprint density at radius 1 is 1.12 bits per heavy atom. The molecule has 0 aliphatic carbocycles. The van der Waals surface area contributed by atoms with E-state index in [1.54, 1.807) is 18.2 Å². The Labute approximate surface area is 178 Å². The third-order valence-electron chi connectivity index (χ3n) is 5.21. The van der Waals surface area contributed by atoms with Gasteiger partial charge >= 0.3 is 12.2 Å². The molecule has 5 rings (SSSR count). The highest BCUT2D eigenvalue weighted by Crippen LogP contribution is 2.27. The van der Waals surface area contributed by atoms with Gasteiger partial charge in [-0.05, 0) is 12.1 Å². The molecule has 32 heavy (non-hydrogen) atoms. The van der Waals surface area contributed by atoms with Crippen LogP contribution in [-0.4, -0.2) is 45.9 Å². The van der Waals surface area contributed by atoms with E-state index in [2.05, 4.69) is 20.5 Å². The van der Waals surface area contributed by atoms with Crippen LogP contribution in [0.3, 0.4) is 0 Å². The van der Waals surface area contributed by atoms with Crippen molar-refractivity contribution in [2.45, 2.75) is 13.0 Å². The zero-order chi connectivity index (χ0) is 22.2. The van der Waals surface area contributed by atoms with E-state index in [1.165, 1.54) is 16.8 Å². The minimum Gasteiger partial charge on any atom is -0.415 e. The maximum atomic E-state index is 14.8. The van der Waals surface area contributed by atoms with Crippen molar-refractivity contribution in [3.63, 3.8) is 0 Å². The van der Waals surface area contributed by atoms with Gasteiger partial charge in [0, 0.05) is 44.5 Å². The molecule has 166 valence electrons. The van der Waals surface area contributed by atoms with Crippen molar-refractivity contribution in [3.8, 4) is 11.5 Å². The highest BCUT2D eigenvalue weighted by molar-refractivity contribution is 5.78. The van der Waals surface area contributed by atoms with Crippen LogP contribution in [0.2, 0.25) is 0 Å². The number of oxazole rings is 1. The summed E-state index contributed by atoms with van der Waals surface area (Å²) in [6, 6.07) is 5.97. The van der Waals surface area contributed by atoms with Crippen molar-refractivity contribution >= 4 is 16.8 Å². The van der Waals surface area contributed by atoms with Gasteiger partial charge in [-0.3, -0.25) is 9.55 Å². The smallest absolute Gasteiger partial charge is 0.415 e. The first-order chi connectivity index (χ1) is 15.5. The molecule has 0 radical (unpaired) electrons. The number of benzene rings is 1. The van der Waals surface area contributed by atoms with Crippen molar-refractivity contribution in [1.82, 2.24) is 25.1 Å². The molecule has 1 aliphatic rings. The number of nitrogens with one attached hydrogen (secondary N) is 1. The molecular formula is C20H17F3N6O3. The first-order valence-corrected chi connectivity index (χ1v) is 9.85. The molecular weight excluding hydrogens is 429 g/mol.